The van der Waals surface area contributed by atoms with Gasteiger partial charge in [-0.3, -0.25) is 10.2 Å². The van der Waals surface area contributed by atoms with Crippen molar-refractivity contribution in [2.24, 2.45) is 5.92 Å². The highest BCUT2D eigenvalue weighted by Gasteiger charge is 2.33. The van der Waals surface area contributed by atoms with E-state index < -0.39 is 0 Å². The molecule has 0 spiro atoms. The SMILES string of the molecule is O=C1NN2CCCC1C2. The van der Waals surface area contributed by atoms with Crippen LogP contribution in [0.15, 0.2) is 0 Å². The van der Waals surface area contributed by atoms with Crippen LogP contribution < -0.4 is 5.43 Å². The quantitative estimate of drug-likeness (QED) is 0.485. The van der Waals surface area contributed by atoms with E-state index >= 15 is 0 Å². The van der Waals surface area contributed by atoms with Crippen molar-refractivity contribution < 1.29 is 4.79 Å². The summed E-state index contributed by atoms with van der Waals surface area (Å²) < 4.78 is 0. The van der Waals surface area contributed by atoms with E-state index in [1.54, 1.807) is 0 Å². The van der Waals surface area contributed by atoms with Crippen LogP contribution in [-0.2, 0) is 4.79 Å². The summed E-state index contributed by atoms with van der Waals surface area (Å²) in [5.41, 5.74) is 2.81. The molecule has 0 saturated carbocycles. The van der Waals surface area contributed by atoms with E-state index in [4.69, 9.17) is 0 Å². The van der Waals surface area contributed by atoms with Crippen LogP contribution in [0.25, 0.3) is 0 Å². The third-order valence-corrected chi connectivity index (χ3v) is 2.06. The van der Waals surface area contributed by atoms with Gasteiger partial charge >= 0.3 is 0 Å². The minimum absolute atomic E-state index is 0.229. The second-order valence-electron chi connectivity index (χ2n) is 2.76. The van der Waals surface area contributed by atoms with Crippen molar-refractivity contribution in [2.45, 2.75) is 12.8 Å². The van der Waals surface area contributed by atoms with Gasteiger partial charge in [0, 0.05) is 13.1 Å². The molecule has 2 bridgehead atoms. The highest BCUT2D eigenvalue weighted by atomic mass is 16.2. The van der Waals surface area contributed by atoms with Gasteiger partial charge in [-0.25, -0.2) is 5.01 Å². The number of rotatable bonds is 0. The second-order valence-corrected chi connectivity index (χ2v) is 2.76. The van der Waals surface area contributed by atoms with Gasteiger partial charge in [-0.1, -0.05) is 0 Å². The number of hydrazine groups is 1. The van der Waals surface area contributed by atoms with Crippen molar-refractivity contribution in [3.05, 3.63) is 0 Å². The number of hydrogen-bond donors (Lipinski definition) is 1. The molecule has 50 valence electrons. The first-order chi connectivity index (χ1) is 4.36. The zero-order valence-corrected chi connectivity index (χ0v) is 5.26. The van der Waals surface area contributed by atoms with Gasteiger partial charge in [-0.15, -0.1) is 0 Å². The molecular formula is C6H10N2O. The van der Waals surface area contributed by atoms with E-state index in [1.165, 1.54) is 6.42 Å². The molecule has 0 aliphatic carbocycles. The van der Waals surface area contributed by atoms with Gasteiger partial charge in [-0.2, -0.15) is 0 Å². The van der Waals surface area contributed by atoms with E-state index in [0.717, 1.165) is 19.5 Å². The predicted octanol–water partition coefficient (Wildman–Crippen LogP) is -0.257. The lowest BCUT2D eigenvalue weighted by atomic mass is 10.0. The van der Waals surface area contributed by atoms with Crippen LogP contribution >= 0.6 is 0 Å². The van der Waals surface area contributed by atoms with E-state index in [9.17, 15) is 4.79 Å². The number of fused-ring (bicyclic) bond motifs is 2. The predicted molar refractivity (Wildman–Crippen MR) is 32.4 cm³/mol. The molecule has 2 heterocycles. The van der Waals surface area contributed by atoms with Crippen molar-refractivity contribution in [1.82, 2.24) is 10.4 Å². The number of carbonyl (C=O) groups excluding carboxylic acids is 1. The van der Waals surface area contributed by atoms with E-state index in [-0.39, 0.29) is 5.91 Å². The molecular weight excluding hydrogens is 116 g/mol. The van der Waals surface area contributed by atoms with Gasteiger partial charge in [-0.05, 0) is 12.8 Å². The first kappa shape index (κ1) is 5.23. The summed E-state index contributed by atoms with van der Waals surface area (Å²) >= 11 is 0. The molecule has 3 heteroatoms. The lowest BCUT2D eigenvalue weighted by Gasteiger charge is -2.18. The molecule has 9 heavy (non-hydrogen) atoms. The van der Waals surface area contributed by atoms with Gasteiger partial charge in [0.2, 0.25) is 5.91 Å². The Hall–Kier alpha value is -0.570. The average Bonchev–Trinajstić information content (AvgIpc) is 2.09. The van der Waals surface area contributed by atoms with E-state index in [1.807, 2.05) is 5.01 Å². The normalized spacial score (nSPS) is 40.7. The molecule has 1 N–H and O–H groups in total. The maximum atomic E-state index is 10.9. The summed E-state index contributed by atoms with van der Waals surface area (Å²) in [6.07, 6.45) is 2.26. The zero-order chi connectivity index (χ0) is 6.27. The van der Waals surface area contributed by atoms with Gasteiger partial charge in [0.05, 0.1) is 5.92 Å². The Morgan fingerprint density at radius 1 is 1.67 bits per heavy atom. The summed E-state index contributed by atoms with van der Waals surface area (Å²) in [5, 5.41) is 2.01. The molecule has 0 aromatic rings. The summed E-state index contributed by atoms with van der Waals surface area (Å²) in [6.45, 7) is 1.99. The molecule has 2 aliphatic rings. The lowest BCUT2D eigenvalue weighted by molar-refractivity contribution is -0.123. The highest BCUT2D eigenvalue weighted by Crippen LogP contribution is 2.19. The Kier molecular flexibility index (Phi) is 0.990. The fraction of sp³-hybridized carbons (Fsp3) is 0.833. The number of hydrogen-bond acceptors (Lipinski definition) is 2. The number of piperidine rings is 1. The van der Waals surface area contributed by atoms with Gasteiger partial charge < -0.3 is 0 Å². The minimum atomic E-state index is 0.229. The zero-order valence-electron chi connectivity index (χ0n) is 5.26. The smallest absolute Gasteiger partial charge is 0.238 e. The van der Waals surface area contributed by atoms with Crippen molar-refractivity contribution in [2.75, 3.05) is 13.1 Å². The summed E-state index contributed by atoms with van der Waals surface area (Å²) in [4.78, 5) is 10.9. The van der Waals surface area contributed by atoms with Crippen LogP contribution in [0.4, 0.5) is 0 Å². The van der Waals surface area contributed by atoms with Crippen molar-refractivity contribution in [3.63, 3.8) is 0 Å². The Labute approximate surface area is 54.0 Å². The summed E-state index contributed by atoms with van der Waals surface area (Å²) in [5.74, 6) is 0.534. The number of nitrogens with one attached hydrogen (secondary N) is 1. The Morgan fingerprint density at radius 3 is 3.22 bits per heavy atom. The molecule has 2 fully saturated rings. The van der Waals surface area contributed by atoms with Crippen molar-refractivity contribution >= 4 is 5.91 Å². The monoisotopic (exact) mass is 126 g/mol. The summed E-state index contributed by atoms with van der Waals surface area (Å²) in [6, 6.07) is 0. The number of carbonyl (C=O) groups is 1. The Balaban J connectivity index is 2.15. The van der Waals surface area contributed by atoms with Crippen LogP contribution in [0, 0.1) is 5.92 Å². The maximum Gasteiger partial charge on any atom is 0.238 e. The third kappa shape index (κ3) is 0.721. The van der Waals surface area contributed by atoms with Gasteiger partial charge in [0.25, 0.3) is 0 Å². The molecule has 2 atom stereocenters. The standard InChI is InChI=1S/C6H10N2O/c9-6-5-2-1-3-8(4-5)7-6/h5H,1-4H2,(H,7,9). The molecule has 0 aromatic heterocycles. The van der Waals surface area contributed by atoms with Crippen LogP contribution in [0.3, 0.4) is 0 Å². The fourth-order valence-electron chi connectivity index (χ4n) is 1.54. The van der Waals surface area contributed by atoms with Gasteiger partial charge in [0.15, 0.2) is 0 Å². The average molecular weight is 126 g/mol. The van der Waals surface area contributed by atoms with E-state index in [0.29, 0.717) is 5.92 Å². The maximum absolute atomic E-state index is 10.9. The molecule has 0 radical (unpaired) electrons. The fourth-order valence-corrected chi connectivity index (χ4v) is 1.54. The van der Waals surface area contributed by atoms with E-state index in [2.05, 4.69) is 5.43 Å². The molecule has 1 amide bonds. The van der Waals surface area contributed by atoms with Crippen LogP contribution in [-0.4, -0.2) is 24.0 Å². The van der Waals surface area contributed by atoms with Crippen LogP contribution in [0.5, 0.6) is 0 Å². The number of nitrogens with zero attached hydrogens (tertiary/aromatic N) is 1. The van der Waals surface area contributed by atoms with Gasteiger partial charge in [0.1, 0.15) is 0 Å². The molecule has 2 unspecified atom stereocenters. The second kappa shape index (κ2) is 1.70. The summed E-state index contributed by atoms with van der Waals surface area (Å²) in [7, 11) is 0. The molecule has 2 rings (SSSR count). The molecule has 3 nitrogen and oxygen atoms in total. The lowest BCUT2D eigenvalue weighted by Crippen LogP contribution is -2.33. The molecule has 2 aliphatic heterocycles. The number of amides is 1. The van der Waals surface area contributed by atoms with Crippen LogP contribution in [0.2, 0.25) is 0 Å². The first-order valence-corrected chi connectivity index (χ1v) is 3.42. The van der Waals surface area contributed by atoms with Crippen LogP contribution in [0.1, 0.15) is 12.8 Å². The molecule has 0 aromatic carbocycles. The third-order valence-electron chi connectivity index (χ3n) is 2.06. The van der Waals surface area contributed by atoms with Crippen molar-refractivity contribution in [1.29, 1.82) is 0 Å². The molecule has 2 saturated heterocycles. The minimum Gasteiger partial charge on any atom is -0.289 e. The largest absolute Gasteiger partial charge is 0.289 e. The first-order valence-electron chi connectivity index (χ1n) is 3.42. The van der Waals surface area contributed by atoms with Crippen molar-refractivity contribution in [3.8, 4) is 0 Å². The topological polar surface area (TPSA) is 32.3 Å². The highest BCUT2D eigenvalue weighted by molar-refractivity contribution is 5.80. The Morgan fingerprint density at radius 2 is 2.56 bits per heavy atom. The Bertz CT molecular complexity index is 146.